The van der Waals surface area contributed by atoms with Crippen molar-refractivity contribution >= 4 is 26.8 Å². The number of nitrogens with one attached hydrogen (secondary N) is 1. The smallest absolute Gasteiger partial charge is 0.0746 e. The lowest BCUT2D eigenvalue weighted by Gasteiger charge is -2.20. The second-order valence-electron chi connectivity index (χ2n) is 5.13. The van der Waals surface area contributed by atoms with Crippen LogP contribution in [0, 0.1) is 0 Å². The van der Waals surface area contributed by atoms with Gasteiger partial charge in [0.05, 0.1) is 23.9 Å². The normalized spacial score (nSPS) is 12.7. The SMILES string of the molecule is CCCNC(COCCC)c1nc2ccccc2cc1Br. The van der Waals surface area contributed by atoms with E-state index >= 15 is 0 Å². The van der Waals surface area contributed by atoms with Gasteiger partial charge in [-0.05, 0) is 47.4 Å². The van der Waals surface area contributed by atoms with E-state index in [1.54, 1.807) is 0 Å². The van der Waals surface area contributed by atoms with Crippen LogP contribution >= 0.6 is 15.9 Å². The van der Waals surface area contributed by atoms with Gasteiger partial charge >= 0.3 is 0 Å². The fraction of sp³-hybridized carbons (Fsp3) is 0.471. The van der Waals surface area contributed by atoms with Crippen LogP contribution in [0.1, 0.15) is 38.4 Å². The summed E-state index contributed by atoms with van der Waals surface area (Å²) in [4.78, 5) is 4.82. The molecule has 1 N–H and O–H groups in total. The van der Waals surface area contributed by atoms with E-state index < -0.39 is 0 Å². The molecule has 0 aliphatic carbocycles. The molecule has 0 aliphatic rings. The van der Waals surface area contributed by atoms with Gasteiger partial charge in [-0.1, -0.05) is 32.0 Å². The highest BCUT2D eigenvalue weighted by Crippen LogP contribution is 2.26. The maximum atomic E-state index is 5.74. The minimum absolute atomic E-state index is 0.121. The minimum Gasteiger partial charge on any atom is -0.379 e. The van der Waals surface area contributed by atoms with Gasteiger partial charge in [0.15, 0.2) is 0 Å². The summed E-state index contributed by atoms with van der Waals surface area (Å²) in [5, 5.41) is 4.68. The molecule has 1 aromatic heterocycles. The van der Waals surface area contributed by atoms with Crippen LogP contribution in [0.4, 0.5) is 0 Å². The molecule has 0 bridgehead atoms. The lowest BCUT2D eigenvalue weighted by atomic mass is 10.1. The summed E-state index contributed by atoms with van der Waals surface area (Å²) in [5.74, 6) is 0. The first-order chi connectivity index (χ1) is 10.3. The third-order valence-electron chi connectivity index (χ3n) is 3.31. The van der Waals surface area contributed by atoms with Crippen molar-refractivity contribution in [3.63, 3.8) is 0 Å². The van der Waals surface area contributed by atoms with Crippen LogP contribution in [0.15, 0.2) is 34.8 Å². The van der Waals surface area contributed by atoms with E-state index in [9.17, 15) is 0 Å². The summed E-state index contributed by atoms with van der Waals surface area (Å²) >= 11 is 3.66. The summed E-state index contributed by atoms with van der Waals surface area (Å²) in [6.07, 6.45) is 2.13. The highest BCUT2D eigenvalue weighted by molar-refractivity contribution is 9.10. The molecule has 0 radical (unpaired) electrons. The third kappa shape index (κ3) is 4.50. The van der Waals surface area contributed by atoms with Gasteiger partial charge in [-0.25, -0.2) is 4.98 Å². The Kier molecular flexibility index (Phi) is 6.61. The fourth-order valence-corrected chi connectivity index (χ4v) is 2.86. The molecule has 3 nitrogen and oxygen atoms in total. The molecule has 114 valence electrons. The molecule has 0 amide bonds. The maximum absolute atomic E-state index is 5.74. The number of ether oxygens (including phenoxy) is 1. The first-order valence-electron chi connectivity index (χ1n) is 7.62. The maximum Gasteiger partial charge on any atom is 0.0746 e. The summed E-state index contributed by atoms with van der Waals surface area (Å²) < 4.78 is 6.78. The molecule has 1 unspecified atom stereocenters. The van der Waals surface area contributed by atoms with Gasteiger partial charge in [0.2, 0.25) is 0 Å². The highest BCUT2D eigenvalue weighted by atomic mass is 79.9. The molecule has 4 heteroatoms. The molecule has 1 heterocycles. The largest absolute Gasteiger partial charge is 0.379 e. The standard InChI is InChI=1S/C17H23BrN2O/c1-3-9-19-16(12-21-10-4-2)17-14(18)11-13-7-5-6-8-15(13)20-17/h5-8,11,16,19H,3-4,9-10,12H2,1-2H3. The lowest BCUT2D eigenvalue weighted by Crippen LogP contribution is -2.27. The number of benzene rings is 1. The van der Waals surface area contributed by atoms with Crippen LogP contribution in [0.5, 0.6) is 0 Å². The van der Waals surface area contributed by atoms with E-state index in [1.807, 2.05) is 12.1 Å². The summed E-state index contributed by atoms with van der Waals surface area (Å²) in [5.41, 5.74) is 2.05. The Morgan fingerprint density at radius 1 is 1.24 bits per heavy atom. The molecule has 0 fully saturated rings. The Bertz CT molecular complexity index is 574. The lowest BCUT2D eigenvalue weighted by molar-refractivity contribution is 0.111. The molecule has 1 aromatic carbocycles. The van der Waals surface area contributed by atoms with E-state index in [1.165, 1.54) is 0 Å². The highest BCUT2D eigenvalue weighted by Gasteiger charge is 2.16. The van der Waals surface area contributed by atoms with Crippen molar-refractivity contribution in [3.05, 3.63) is 40.5 Å². The average Bonchev–Trinajstić information content (AvgIpc) is 2.50. The average molecular weight is 351 g/mol. The van der Waals surface area contributed by atoms with Crippen molar-refractivity contribution in [2.45, 2.75) is 32.7 Å². The first-order valence-corrected chi connectivity index (χ1v) is 8.41. The van der Waals surface area contributed by atoms with Gasteiger partial charge in [0, 0.05) is 16.5 Å². The van der Waals surface area contributed by atoms with E-state index in [2.05, 4.69) is 53.3 Å². The van der Waals surface area contributed by atoms with Crippen molar-refractivity contribution in [2.75, 3.05) is 19.8 Å². The Hall–Kier alpha value is -0.970. The number of hydrogen-bond acceptors (Lipinski definition) is 3. The van der Waals surface area contributed by atoms with Gasteiger partial charge in [-0.3, -0.25) is 0 Å². The minimum atomic E-state index is 0.121. The van der Waals surface area contributed by atoms with Crippen molar-refractivity contribution in [3.8, 4) is 0 Å². The number of pyridine rings is 1. The molecule has 21 heavy (non-hydrogen) atoms. The second-order valence-corrected chi connectivity index (χ2v) is 5.98. The Morgan fingerprint density at radius 2 is 2.05 bits per heavy atom. The fourth-order valence-electron chi connectivity index (χ4n) is 2.25. The van der Waals surface area contributed by atoms with Crippen LogP contribution < -0.4 is 5.32 Å². The molecule has 0 saturated carbocycles. The third-order valence-corrected chi connectivity index (χ3v) is 3.94. The first kappa shape index (κ1) is 16.4. The monoisotopic (exact) mass is 350 g/mol. The second kappa shape index (κ2) is 8.47. The van der Waals surface area contributed by atoms with E-state index in [-0.39, 0.29) is 6.04 Å². The van der Waals surface area contributed by atoms with E-state index in [0.29, 0.717) is 6.61 Å². The molecule has 0 aliphatic heterocycles. The summed E-state index contributed by atoms with van der Waals surface area (Å²) in [6.45, 7) is 6.69. The zero-order valence-corrected chi connectivity index (χ0v) is 14.3. The predicted octanol–water partition coefficient (Wildman–Crippen LogP) is 4.46. The Morgan fingerprint density at radius 3 is 2.81 bits per heavy atom. The van der Waals surface area contributed by atoms with Crippen LogP contribution in [0.2, 0.25) is 0 Å². The number of para-hydroxylation sites is 1. The van der Waals surface area contributed by atoms with Gasteiger partial charge in [0.25, 0.3) is 0 Å². The van der Waals surface area contributed by atoms with Crippen molar-refractivity contribution in [1.29, 1.82) is 0 Å². The molecule has 2 aromatic rings. The zero-order chi connectivity index (χ0) is 15.1. The number of hydrogen-bond donors (Lipinski definition) is 1. The van der Waals surface area contributed by atoms with Gasteiger partial charge in [-0.15, -0.1) is 0 Å². The predicted molar refractivity (Wildman–Crippen MR) is 91.6 cm³/mol. The Balaban J connectivity index is 2.26. The van der Waals surface area contributed by atoms with Crippen LogP contribution in [0.25, 0.3) is 10.9 Å². The number of rotatable bonds is 8. The molecular weight excluding hydrogens is 328 g/mol. The van der Waals surface area contributed by atoms with Crippen LogP contribution in [-0.2, 0) is 4.74 Å². The molecular formula is C17H23BrN2O. The zero-order valence-electron chi connectivity index (χ0n) is 12.7. The van der Waals surface area contributed by atoms with Gasteiger partial charge < -0.3 is 10.1 Å². The number of nitrogens with zero attached hydrogens (tertiary/aromatic N) is 1. The number of aromatic nitrogens is 1. The number of fused-ring (bicyclic) bond motifs is 1. The molecule has 2 rings (SSSR count). The van der Waals surface area contributed by atoms with Crippen molar-refractivity contribution in [2.24, 2.45) is 0 Å². The van der Waals surface area contributed by atoms with Crippen molar-refractivity contribution < 1.29 is 4.74 Å². The van der Waals surface area contributed by atoms with Crippen LogP contribution in [-0.4, -0.2) is 24.7 Å². The molecule has 0 saturated heterocycles. The summed E-state index contributed by atoms with van der Waals surface area (Å²) in [6, 6.07) is 10.4. The topological polar surface area (TPSA) is 34.1 Å². The Labute approximate surface area is 135 Å². The van der Waals surface area contributed by atoms with Crippen LogP contribution in [0.3, 0.4) is 0 Å². The molecule has 0 spiro atoms. The quantitative estimate of drug-likeness (QED) is 0.713. The summed E-state index contributed by atoms with van der Waals surface area (Å²) in [7, 11) is 0. The van der Waals surface area contributed by atoms with E-state index in [0.717, 1.165) is 47.1 Å². The van der Waals surface area contributed by atoms with Crippen molar-refractivity contribution in [1.82, 2.24) is 10.3 Å². The molecule has 1 atom stereocenters. The van der Waals surface area contributed by atoms with E-state index in [4.69, 9.17) is 9.72 Å². The number of halogens is 1. The van der Waals surface area contributed by atoms with Gasteiger partial charge in [-0.2, -0.15) is 0 Å². The van der Waals surface area contributed by atoms with Gasteiger partial charge in [0.1, 0.15) is 0 Å².